The molecule has 88 valence electrons. The zero-order valence-electron chi connectivity index (χ0n) is 9.78. The van der Waals surface area contributed by atoms with Gasteiger partial charge in [-0.15, -0.1) is 0 Å². The minimum atomic E-state index is 0.630. The number of nitrogens with one attached hydrogen (secondary N) is 1. The molecule has 0 spiro atoms. The van der Waals surface area contributed by atoms with Gasteiger partial charge in [0.15, 0.2) is 0 Å². The minimum Gasteiger partial charge on any atom is -0.399 e. The van der Waals surface area contributed by atoms with Crippen LogP contribution in [-0.2, 0) is 0 Å². The summed E-state index contributed by atoms with van der Waals surface area (Å²) in [5.74, 6) is 1.23. The third-order valence-corrected chi connectivity index (χ3v) is 4.28. The van der Waals surface area contributed by atoms with E-state index in [2.05, 4.69) is 30.1 Å². The zero-order valence-corrected chi connectivity index (χ0v) is 10.6. The van der Waals surface area contributed by atoms with Gasteiger partial charge in [0.05, 0.1) is 0 Å². The molecule has 1 fully saturated rings. The summed E-state index contributed by atoms with van der Waals surface area (Å²) in [7, 11) is 0. The van der Waals surface area contributed by atoms with Gasteiger partial charge in [-0.2, -0.15) is 11.8 Å². The molecule has 0 saturated heterocycles. The number of benzene rings is 1. The lowest BCUT2D eigenvalue weighted by Gasteiger charge is -2.14. The molecule has 2 rings (SSSR count). The standard InChI is InChI=1S/C13H20N2S/c1-2-16-13-7-6-12(9-13)15-11-5-3-4-10(14)8-11/h3-5,8,12-13,15H,2,6-7,9,14H2,1H3. The molecule has 0 aromatic heterocycles. The summed E-state index contributed by atoms with van der Waals surface area (Å²) in [6.45, 7) is 2.24. The molecule has 16 heavy (non-hydrogen) atoms. The van der Waals surface area contributed by atoms with E-state index in [1.807, 2.05) is 18.2 Å². The summed E-state index contributed by atoms with van der Waals surface area (Å²) < 4.78 is 0. The van der Waals surface area contributed by atoms with Gasteiger partial charge in [0.25, 0.3) is 0 Å². The summed E-state index contributed by atoms with van der Waals surface area (Å²) in [5, 5.41) is 4.43. The van der Waals surface area contributed by atoms with Gasteiger partial charge in [-0.05, 0) is 43.2 Å². The molecule has 0 bridgehead atoms. The fourth-order valence-electron chi connectivity index (χ4n) is 2.32. The molecule has 0 heterocycles. The average molecular weight is 236 g/mol. The molecular weight excluding hydrogens is 216 g/mol. The van der Waals surface area contributed by atoms with Crippen LogP contribution in [0.15, 0.2) is 24.3 Å². The second-order valence-electron chi connectivity index (χ2n) is 4.36. The maximum Gasteiger partial charge on any atom is 0.0362 e. The summed E-state index contributed by atoms with van der Waals surface area (Å²) in [6.07, 6.45) is 3.91. The number of hydrogen-bond acceptors (Lipinski definition) is 3. The molecule has 1 aliphatic carbocycles. The Bertz CT molecular complexity index is 340. The van der Waals surface area contributed by atoms with Crippen LogP contribution in [0.4, 0.5) is 11.4 Å². The summed E-state index contributed by atoms with van der Waals surface area (Å²) in [5.41, 5.74) is 7.76. The molecular formula is C13H20N2S. The molecule has 1 aliphatic rings. The molecule has 0 amide bonds. The molecule has 0 radical (unpaired) electrons. The number of hydrogen-bond donors (Lipinski definition) is 2. The SMILES string of the molecule is CCSC1CCC(Nc2cccc(N)c2)C1. The predicted octanol–water partition coefficient (Wildman–Crippen LogP) is 3.35. The summed E-state index contributed by atoms with van der Waals surface area (Å²) in [4.78, 5) is 0. The van der Waals surface area contributed by atoms with Crippen LogP contribution in [0, 0.1) is 0 Å². The molecule has 2 atom stereocenters. The smallest absolute Gasteiger partial charge is 0.0362 e. The van der Waals surface area contributed by atoms with Crippen LogP contribution in [0.3, 0.4) is 0 Å². The Labute approximate surface area is 102 Å². The van der Waals surface area contributed by atoms with Crippen molar-refractivity contribution in [2.45, 2.75) is 37.5 Å². The topological polar surface area (TPSA) is 38.0 Å². The summed E-state index contributed by atoms with van der Waals surface area (Å²) >= 11 is 2.09. The van der Waals surface area contributed by atoms with E-state index in [-0.39, 0.29) is 0 Å². The fraction of sp³-hybridized carbons (Fsp3) is 0.538. The Kier molecular flexibility index (Phi) is 3.99. The highest BCUT2D eigenvalue weighted by Crippen LogP contribution is 2.31. The molecule has 1 saturated carbocycles. The van der Waals surface area contributed by atoms with Gasteiger partial charge in [0, 0.05) is 22.7 Å². The highest BCUT2D eigenvalue weighted by molar-refractivity contribution is 7.99. The molecule has 0 aliphatic heterocycles. The van der Waals surface area contributed by atoms with E-state index >= 15 is 0 Å². The first kappa shape index (κ1) is 11.6. The predicted molar refractivity (Wildman–Crippen MR) is 74.0 cm³/mol. The van der Waals surface area contributed by atoms with Crippen LogP contribution in [0.5, 0.6) is 0 Å². The lowest BCUT2D eigenvalue weighted by Crippen LogP contribution is -2.16. The Hall–Kier alpha value is -0.830. The van der Waals surface area contributed by atoms with E-state index < -0.39 is 0 Å². The van der Waals surface area contributed by atoms with Crippen molar-refractivity contribution in [2.24, 2.45) is 0 Å². The first-order valence-corrected chi connectivity index (χ1v) is 7.06. The van der Waals surface area contributed by atoms with E-state index in [9.17, 15) is 0 Å². The molecule has 2 unspecified atom stereocenters. The zero-order chi connectivity index (χ0) is 11.4. The number of rotatable bonds is 4. The number of nitrogen functional groups attached to an aromatic ring is 1. The fourth-order valence-corrected chi connectivity index (χ4v) is 3.46. The van der Waals surface area contributed by atoms with Crippen molar-refractivity contribution < 1.29 is 0 Å². The van der Waals surface area contributed by atoms with Crippen LogP contribution >= 0.6 is 11.8 Å². The highest BCUT2D eigenvalue weighted by atomic mass is 32.2. The van der Waals surface area contributed by atoms with Crippen molar-refractivity contribution in [1.82, 2.24) is 0 Å². The van der Waals surface area contributed by atoms with E-state index in [1.165, 1.54) is 25.0 Å². The van der Waals surface area contributed by atoms with Crippen LogP contribution in [0.1, 0.15) is 26.2 Å². The summed E-state index contributed by atoms with van der Waals surface area (Å²) in [6, 6.07) is 8.67. The average Bonchev–Trinajstić information content (AvgIpc) is 2.66. The van der Waals surface area contributed by atoms with E-state index in [0.29, 0.717) is 6.04 Å². The number of nitrogens with two attached hydrogens (primary N) is 1. The van der Waals surface area contributed by atoms with Crippen molar-refractivity contribution in [3.8, 4) is 0 Å². The molecule has 2 nitrogen and oxygen atoms in total. The lowest BCUT2D eigenvalue weighted by molar-refractivity contribution is 0.757. The van der Waals surface area contributed by atoms with Crippen LogP contribution in [0.2, 0.25) is 0 Å². The normalized spacial score (nSPS) is 24.6. The minimum absolute atomic E-state index is 0.630. The van der Waals surface area contributed by atoms with Crippen molar-refractivity contribution in [1.29, 1.82) is 0 Å². The van der Waals surface area contributed by atoms with Crippen molar-refractivity contribution in [3.05, 3.63) is 24.3 Å². The number of thioether (sulfide) groups is 1. The number of anilines is 2. The van der Waals surface area contributed by atoms with Crippen LogP contribution in [-0.4, -0.2) is 17.0 Å². The van der Waals surface area contributed by atoms with Crippen LogP contribution < -0.4 is 11.1 Å². The quantitative estimate of drug-likeness (QED) is 0.787. The molecule has 1 aromatic carbocycles. The third kappa shape index (κ3) is 3.08. The Balaban J connectivity index is 1.87. The Morgan fingerprint density at radius 3 is 3.06 bits per heavy atom. The Morgan fingerprint density at radius 1 is 1.44 bits per heavy atom. The second-order valence-corrected chi connectivity index (χ2v) is 5.93. The van der Waals surface area contributed by atoms with E-state index in [1.54, 1.807) is 0 Å². The van der Waals surface area contributed by atoms with Gasteiger partial charge in [0.1, 0.15) is 0 Å². The maximum absolute atomic E-state index is 5.76. The molecule has 3 N–H and O–H groups in total. The Morgan fingerprint density at radius 2 is 2.31 bits per heavy atom. The van der Waals surface area contributed by atoms with E-state index in [4.69, 9.17) is 5.73 Å². The van der Waals surface area contributed by atoms with Crippen molar-refractivity contribution in [3.63, 3.8) is 0 Å². The van der Waals surface area contributed by atoms with E-state index in [0.717, 1.165) is 16.6 Å². The van der Waals surface area contributed by atoms with Crippen molar-refractivity contribution >= 4 is 23.1 Å². The highest BCUT2D eigenvalue weighted by Gasteiger charge is 2.24. The van der Waals surface area contributed by atoms with Gasteiger partial charge in [-0.3, -0.25) is 0 Å². The van der Waals surface area contributed by atoms with Gasteiger partial charge in [-0.25, -0.2) is 0 Å². The van der Waals surface area contributed by atoms with Crippen LogP contribution in [0.25, 0.3) is 0 Å². The van der Waals surface area contributed by atoms with Gasteiger partial charge in [-0.1, -0.05) is 13.0 Å². The van der Waals surface area contributed by atoms with Gasteiger partial charge in [0.2, 0.25) is 0 Å². The lowest BCUT2D eigenvalue weighted by atomic mass is 10.2. The second kappa shape index (κ2) is 5.48. The first-order valence-electron chi connectivity index (χ1n) is 6.01. The molecule has 3 heteroatoms. The van der Waals surface area contributed by atoms with Crippen molar-refractivity contribution in [2.75, 3.05) is 16.8 Å². The third-order valence-electron chi connectivity index (χ3n) is 3.04. The maximum atomic E-state index is 5.76. The molecule has 1 aromatic rings. The first-order chi connectivity index (χ1) is 7.78. The monoisotopic (exact) mass is 236 g/mol. The largest absolute Gasteiger partial charge is 0.399 e. The van der Waals surface area contributed by atoms with Gasteiger partial charge < -0.3 is 11.1 Å². The van der Waals surface area contributed by atoms with Gasteiger partial charge >= 0.3 is 0 Å².